The summed E-state index contributed by atoms with van der Waals surface area (Å²) in [5.41, 5.74) is 4.16. The predicted molar refractivity (Wildman–Crippen MR) is 94.8 cm³/mol. The number of benzene rings is 1. The summed E-state index contributed by atoms with van der Waals surface area (Å²) in [6, 6.07) is 10.2. The van der Waals surface area contributed by atoms with Crippen LogP contribution in [-0.2, 0) is 0 Å². The van der Waals surface area contributed by atoms with E-state index in [0.717, 1.165) is 48.4 Å². The van der Waals surface area contributed by atoms with Crippen molar-refractivity contribution in [3.05, 3.63) is 36.5 Å². The Morgan fingerprint density at radius 3 is 2.79 bits per heavy atom. The zero-order valence-corrected chi connectivity index (χ0v) is 13.9. The van der Waals surface area contributed by atoms with Crippen molar-refractivity contribution in [2.45, 2.75) is 19.3 Å². The lowest BCUT2D eigenvalue weighted by Gasteiger charge is -2.33. The molecule has 24 heavy (non-hydrogen) atoms. The largest absolute Gasteiger partial charge is 0.497 e. The Labute approximate surface area is 140 Å². The number of alkyl halides is 1. The minimum atomic E-state index is -0.194. The smallest absolute Gasteiger partial charge is 0.139 e. The van der Waals surface area contributed by atoms with Gasteiger partial charge in [0.2, 0.25) is 0 Å². The third-order valence-electron chi connectivity index (χ3n) is 5.09. The summed E-state index contributed by atoms with van der Waals surface area (Å²) in [5.74, 6) is 1.37. The van der Waals surface area contributed by atoms with Crippen molar-refractivity contribution in [2.75, 3.05) is 31.8 Å². The van der Waals surface area contributed by atoms with Gasteiger partial charge in [0.1, 0.15) is 11.4 Å². The van der Waals surface area contributed by atoms with Gasteiger partial charge >= 0.3 is 0 Å². The Bertz CT molecular complexity index is 852. The maximum absolute atomic E-state index is 12.5. The highest BCUT2D eigenvalue weighted by atomic mass is 19.1. The third-order valence-corrected chi connectivity index (χ3v) is 5.09. The maximum Gasteiger partial charge on any atom is 0.139 e. The van der Waals surface area contributed by atoms with Crippen molar-refractivity contribution in [3.63, 3.8) is 0 Å². The number of rotatable bonds is 4. The molecule has 2 aromatic heterocycles. The minimum absolute atomic E-state index is 0.194. The van der Waals surface area contributed by atoms with Crippen molar-refractivity contribution in [1.82, 2.24) is 9.38 Å². The van der Waals surface area contributed by atoms with Crippen molar-refractivity contribution >= 4 is 22.4 Å². The van der Waals surface area contributed by atoms with Gasteiger partial charge in [-0.25, -0.2) is 4.98 Å². The van der Waals surface area contributed by atoms with Gasteiger partial charge in [0.25, 0.3) is 0 Å². The van der Waals surface area contributed by atoms with Crippen LogP contribution in [0.4, 0.5) is 10.1 Å². The molecule has 1 fully saturated rings. The molecule has 1 aliphatic heterocycles. The van der Waals surface area contributed by atoms with Gasteiger partial charge in [0.05, 0.1) is 24.8 Å². The Morgan fingerprint density at radius 1 is 1.21 bits per heavy atom. The van der Waals surface area contributed by atoms with E-state index in [9.17, 15) is 4.39 Å². The second-order valence-electron chi connectivity index (χ2n) is 6.49. The number of aromatic nitrogens is 2. The van der Waals surface area contributed by atoms with Crippen molar-refractivity contribution < 1.29 is 9.13 Å². The van der Waals surface area contributed by atoms with Crippen molar-refractivity contribution in [3.8, 4) is 5.75 Å². The summed E-state index contributed by atoms with van der Waals surface area (Å²) >= 11 is 0. The highest BCUT2D eigenvalue weighted by Gasteiger charge is 2.19. The number of imidazole rings is 1. The molecular formula is C19H22FN3O. The molecule has 0 atom stereocenters. The van der Waals surface area contributed by atoms with Crippen LogP contribution in [0.25, 0.3) is 16.7 Å². The fraction of sp³-hybridized carbons (Fsp3) is 0.421. The van der Waals surface area contributed by atoms with E-state index in [0.29, 0.717) is 12.3 Å². The molecule has 5 heteroatoms. The average Bonchev–Trinajstić information content (AvgIpc) is 2.99. The molecule has 1 aliphatic rings. The summed E-state index contributed by atoms with van der Waals surface area (Å²) in [6.07, 6.45) is 4.93. The lowest BCUT2D eigenvalue weighted by Crippen LogP contribution is -2.33. The Hall–Kier alpha value is -2.30. The van der Waals surface area contributed by atoms with Crippen LogP contribution in [-0.4, -0.2) is 36.3 Å². The lowest BCUT2D eigenvalue weighted by molar-refractivity contribution is 0.332. The SMILES string of the molecule is COc1ccc2nc3cc(N4CCC(CCF)CC4)ccn3c2c1. The van der Waals surface area contributed by atoms with E-state index in [4.69, 9.17) is 9.72 Å². The molecule has 4 rings (SSSR count). The van der Waals surface area contributed by atoms with Gasteiger partial charge in [-0.1, -0.05) is 0 Å². The zero-order valence-electron chi connectivity index (χ0n) is 13.9. The second-order valence-corrected chi connectivity index (χ2v) is 6.49. The second kappa shape index (κ2) is 6.30. The summed E-state index contributed by atoms with van der Waals surface area (Å²) in [6.45, 7) is 1.80. The molecule has 126 valence electrons. The van der Waals surface area contributed by atoms with Crippen LogP contribution < -0.4 is 9.64 Å². The first kappa shape index (κ1) is 15.2. The van der Waals surface area contributed by atoms with E-state index >= 15 is 0 Å². The van der Waals surface area contributed by atoms with E-state index in [1.54, 1.807) is 7.11 Å². The van der Waals surface area contributed by atoms with E-state index in [1.807, 2.05) is 18.2 Å². The number of fused-ring (bicyclic) bond motifs is 3. The van der Waals surface area contributed by atoms with Gasteiger partial charge < -0.3 is 9.64 Å². The standard InChI is InChI=1S/C19H22FN3O/c1-24-16-2-3-17-18(13-16)23-11-7-15(12-19(23)21-17)22-9-5-14(4-8-20)6-10-22/h2-3,7,11-14H,4-6,8-10H2,1H3. The maximum atomic E-state index is 12.5. The monoisotopic (exact) mass is 327 g/mol. The molecule has 0 saturated carbocycles. The number of anilines is 1. The lowest BCUT2D eigenvalue weighted by atomic mass is 9.94. The highest BCUT2D eigenvalue weighted by molar-refractivity contribution is 5.82. The number of hydrogen-bond donors (Lipinski definition) is 0. The summed E-state index contributed by atoms with van der Waals surface area (Å²) in [5, 5.41) is 0. The van der Waals surface area contributed by atoms with Gasteiger partial charge in [0.15, 0.2) is 0 Å². The molecule has 0 amide bonds. The van der Waals surface area contributed by atoms with Gasteiger partial charge in [-0.15, -0.1) is 0 Å². The molecule has 0 unspecified atom stereocenters. The van der Waals surface area contributed by atoms with Crippen LogP contribution in [0.3, 0.4) is 0 Å². The molecule has 1 aromatic carbocycles. The molecule has 0 radical (unpaired) electrons. The van der Waals surface area contributed by atoms with Crippen LogP contribution in [0.1, 0.15) is 19.3 Å². The number of piperidine rings is 1. The van der Waals surface area contributed by atoms with E-state index in [-0.39, 0.29) is 6.67 Å². The number of halogens is 1. The number of ether oxygens (including phenoxy) is 1. The molecule has 0 N–H and O–H groups in total. The Balaban J connectivity index is 1.63. The van der Waals surface area contributed by atoms with Gasteiger partial charge in [-0.3, -0.25) is 8.79 Å². The molecule has 3 aromatic rings. The number of pyridine rings is 1. The Kier molecular flexibility index (Phi) is 4.00. The van der Waals surface area contributed by atoms with Crippen LogP contribution in [0.5, 0.6) is 5.75 Å². The van der Waals surface area contributed by atoms with Gasteiger partial charge in [-0.2, -0.15) is 0 Å². The first-order chi connectivity index (χ1) is 11.8. The predicted octanol–water partition coefficient (Wildman–Crippen LogP) is 4.07. The zero-order chi connectivity index (χ0) is 16.5. The first-order valence-electron chi connectivity index (χ1n) is 8.55. The molecular weight excluding hydrogens is 305 g/mol. The minimum Gasteiger partial charge on any atom is -0.497 e. The number of nitrogens with zero attached hydrogens (tertiary/aromatic N) is 3. The molecule has 4 nitrogen and oxygen atoms in total. The summed E-state index contributed by atoms with van der Waals surface area (Å²) < 4.78 is 19.9. The van der Waals surface area contributed by atoms with E-state index < -0.39 is 0 Å². The van der Waals surface area contributed by atoms with Crippen molar-refractivity contribution in [1.29, 1.82) is 0 Å². The van der Waals surface area contributed by atoms with Gasteiger partial charge in [-0.05, 0) is 43.4 Å². The van der Waals surface area contributed by atoms with Gasteiger partial charge in [0, 0.05) is 37.1 Å². The quantitative estimate of drug-likeness (QED) is 0.723. The molecule has 1 saturated heterocycles. The highest BCUT2D eigenvalue weighted by Crippen LogP contribution is 2.28. The number of hydrogen-bond acceptors (Lipinski definition) is 3. The van der Waals surface area contributed by atoms with E-state index in [1.165, 1.54) is 5.69 Å². The fourth-order valence-electron chi connectivity index (χ4n) is 3.64. The molecule has 0 aliphatic carbocycles. The normalized spacial score (nSPS) is 16.2. The molecule has 3 heterocycles. The van der Waals surface area contributed by atoms with Crippen LogP contribution >= 0.6 is 0 Å². The average molecular weight is 327 g/mol. The number of methoxy groups -OCH3 is 1. The summed E-state index contributed by atoms with van der Waals surface area (Å²) in [7, 11) is 1.68. The molecule has 0 spiro atoms. The topological polar surface area (TPSA) is 29.8 Å². The summed E-state index contributed by atoms with van der Waals surface area (Å²) in [4.78, 5) is 7.11. The van der Waals surface area contributed by atoms with Crippen LogP contribution in [0.15, 0.2) is 36.5 Å². The van der Waals surface area contributed by atoms with Crippen LogP contribution in [0.2, 0.25) is 0 Å². The fourth-order valence-corrected chi connectivity index (χ4v) is 3.64. The Morgan fingerprint density at radius 2 is 2.04 bits per heavy atom. The molecule has 0 bridgehead atoms. The van der Waals surface area contributed by atoms with E-state index in [2.05, 4.69) is 27.6 Å². The first-order valence-corrected chi connectivity index (χ1v) is 8.55. The third kappa shape index (κ3) is 2.68. The van der Waals surface area contributed by atoms with Crippen LogP contribution in [0, 0.1) is 5.92 Å². The van der Waals surface area contributed by atoms with Crippen molar-refractivity contribution in [2.24, 2.45) is 5.92 Å².